The number of thioether (sulfide) groups is 1. The van der Waals surface area contributed by atoms with Crippen molar-refractivity contribution in [2.45, 2.75) is 38.0 Å². The number of ether oxygens (including phenoxy) is 1. The Morgan fingerprint density at radius 1 is 1.48 bits per heavy atom. The lowest BCUT2D eigenvalue weighted by molar-refractivity contribution is -0.160. The van der Waals surface area contributed by atoms with Gasteiger partial charge in [-0.15, -0.1) is 0 Å². The van der Waals surface area contributed by atoms with Crippen molar-refractivity contribution >= 4 is 16.9 Å². The topological polar surface area (TPSA) is 122 Å². The third-order valence-corrected chi connectivity index (χ3v) is 3.83. The molecule has 1 aliphatic heterocycles. The van der Waals surface area contributed by atoms with Gasteiger partial charge in [0.2, 0.25) is 0 Å². The predicted molar refractivity (Wildman–Crippen MR) is 82.1 cm³/mol. The van der Waals surface area contributed by atoms with Crippen LogP contribution >= 0.6 is 11.8 Å². The van der Waals surface area contributed by atoms with E-state index in [1.807, 2.05) is 0 Å². The maximum atomic E-state index is 11.4. The molecule has 3 N–H and O–H groups in total. The summed E-state index contributed by atoms with van der Waals surface area (Å²) in [5.41, 5.74) is -1.08. The molecule has 0 aromatic carbocycles. The third-order valence-electron chi connectivity index (χ3n) is 3.05. The number of aromatic amines is 1. The second kappa shape index (κ2) is 9.17. The minimum absolute atomic E-state index is 0.165. The van der Waals surface area contributed by atoms with Crippen LogP contribution in [0.4, 0.5) is 13.2 Å². The van der Waals surface area contributed by atoms with Gasteiger partial charge in [-0.2, -0.15) is 13.2 Å². The molecule has 1 saturated heterocycles. The largest absolute Gasteiger partial charge is 0.460 e. The number of hydrogen-bond acceptors (Lipinski definition) is 7. The first kappa shape index (κ1) is 21.4. The van der Waals surface area contributed by atoms with Crippen molar-refractivity contribution in [1.82, 2.24) is 9.55 Å². The van der Waals surface area contributed by atoms with Crippen LogP contribution < -0.4 is 11.2 Å². The highest BCUT2D eigenvalue weighted by Crippen LogP contribution is 2.26. The van der Waals surface area contributed by atoms with E-state index < -0.39 is 41.0 Å². The molecule has 0 bridgehead atoms. The van der Waals surface area contributed by atoms with E-state index >= 15 is 0 Å². The van der Waals surface area contributed by atoms with Crippen molar-refractivity contribution in [1.29, 1.82) is 0 Å². The molecule has 0 spiro atoms. The summed E-state index contributed by atoms with van der Waals surface area (Å²) in [6.07, 6.45) is -5.31. The standard InChI is InChI=1S/C9H12N2O5.C4H5F3OS/c12-4-6-5(13)3-8(16-6)11-2-1-7(14)10-9(11)15;1-2-9-3(8)4(5,6)7/h1-2,5-6,8,12-13H,3-4H2,(H,10,14,15);2H2,1H3/t5-,6+,8+;/m0./s1. The number of H-pyrrole nitrogens is 1. The Morgan fingerprint density at radius 3 is 2.52 bits per heavy atom. The number of carbonyl (C=O) groups is 1. The Labute approximate surface area is 143 Å². The smallest absolute Gasteiger partial charge is 0.394 e. The van der Waals surface area contributed by atoms with E-state index in [1.54, 1.807) is 0 Å². The van der Waals surface area contributed by atoms with Gasteiger partial charge in [-0.05, 0) is 5.75 Å². The third kappa shape index (κ3) is 6.30. The van der Waals surface area contributed by atoms with E-state index in [0.29, 0.717) is 0 Å². The molecular weight excluding hydrogens is 369 g/mol. The number of nitrogens with one attached hydrogen (secondary N) is 1. The van der Waals surface area contributed by atoms with E-state index in [4.69, 9.17) is 9.84 Å². The second-order valence-corrected chi connectivity index (χ2v) is 6.09. The molecule has 12 heteroatoms. The number of nitrogens with zero attached hydrogens (tertiary/aromatic N) is 1. The maximum absolute atomic E-state index is 11.4. The van der Waals surface area contributed by atoms with Gasteiger partial charge in [0, 0.05) is 18.7 Å². The fourth-order valence-electron chi connectivity index (χ4n) is 1.92. The zero-order chi connectivity index (χ0) is 19.2. The summed E-state index contributed by atoms with van der Waals surface area (Å²) < 4.78 is 40.2. The zero-order valence-electron chi connectivity index (χ0n) is 13.0. The average molecular weight is 386 g/mol. The Hall–Kier alpha value is -1.63. The Bertz CT molecular complexity index is 689. The van der Waals surface area contributed by atoms with Crippen LogP contribution in [0.3, 0.4) is 0 Å². The van der Waals surface area contributed by atoms with Crippen molar-refractivity contribution in [3.8, 4) is 0 Å². The number of hydrogen-bond donors (Lipinski definition) is 3. The lowest BCUT2D eigenvalue weighted by Crippen LogP contribution is -2.31. The first-order valence-electron chi connectivity index (χ1n) is 7.10. The van der Waals surface area contributed by atoms with Gasteiger partial charge in [0.25, 0.3) is 10.7 Å². The maximum Gasteiger partial charge on any atom is 0.460 e. The van der Waals surface area contributed by atoms with E-state index in [1.165, 1.54) is 23.8 Å². The minimum atomic E-state index is -4.67. The van der Waals surface area contributed by atoms with Gasteiger partial charge in [-0.25, -0.2) is 4.79 Å². The first-order valence-corrected chi connectivity index (χ1v) is 8.08. The monoisotopic (exact) mass is 386 g/mol. The van der Waals surface area contributed by atoms with Crippen molar-refractivity contribution < 1.29 is 32.9 Å². The molecule has 0 unspecified atom stereocenters. The van der Waals surface area contributed by atoms with Crippen LogP contribution in [-0.2, 0) is 9.53 Å². The summed E-state index contributed by atoms with van der Waals surface area (Å²) in [7, 11) is 0. The van der Waals surface area contributed by atoms with Gasteiger partial charge in [0.1, 0.15) is 12.3 Å². The first-order chi connectivity index (χ1) is 11.6. The lowest BCUT2D eigenvalue weighted by Gasteiger charge is -2.13. The van der Waals surface area contributed by atoms with Crippen LogP contribution in [0, 0.1) is 0 Å². The van der Waals surface area contributed by atoms with E-state index in [0.717, 1.165) is 0 Å². The Morgan fingerprint density at radius 2 is 2.12 bits per heavy atom. The molecular formula is C13H17F3N2O6S. The van der Waals surface area contributed by atoms with Gasteiger partial charge in [0.15, 0.2) is 0 Å². The molecule has 0 amide bonds. The highest BCUT2D eigenvalue weighted by molar-refractivity contribution is 8.13. The fraction of sp³-hybridized carbons (Fsp3) is 0.615. The quantitative estimate of drug-likeness (QED) is 0.669. The van der Waals surface area contributed by atoms with Crippen LogP contribution in [0.25, 0.3) is 0 Å². The van der Waals surface area contributed by atoms with E-state index in [9.17, 15) is 32.7 Å². The van der Waals surface area contributed by atoms with E-state index in [-0.39, 0.29) is 30.5 Å². The summed E-state index contributed by atoms with van der Waals surface area (Å²) in [5, 5.41) is 16.7. The molecule has 0 saturated carbocycles. The summed E-state index contributed by atoms with van der Waals surface area (Å²) in [4.78, 5) is 34.2. The summed E-state index contributed by atoms with van der Waals surface area (Å²) in [6.45, 7) is 1.18. The number of aliphatic hydroxyl groups is 2. The normalized spacial score (nSPS) is 23.0. The summed E-state index contributed by atoms with van der Waals surface area (Å²) in [5.74, 6) is 0.165. The van der Waals surface area contributed by atoms with Gasteiger partial charge in [-0.1, -0.05) is 18.7 Å². The highest BCUT2D eigenvalue weighted by Gasteiger charge is 2.38. The number of carbonyl (C=O) groups excluding carboxylic acids is 1. The summed E-state index contributed by atoms with van der Waals surface area (Å²) >= 11 is 0.274. The Kier molecular flexibility index (Phi) is 7.86. The van der Waals surface area contributed by atoms with Crippen LogP contribution in [0.15, 0.2) is 21.9 Å². The number of halogens is 3. The molecule has 1 aromatic rings. The zero-order valence-corrected chi connectivity index (χ0v) is 13.8. The van der Waals surface area contributed by atoms with Crippen molar-refractivity contribution in [3.05, 3.63) is 33.1 Å². The van der Waals surface area contributed by atoms with Crippen LogP contribution in [0.5, 0.6) is 0 Å². The van der Waals surface area contributed by atoms with Gasteiger partial charge < -0.3 is 14.9 Å². The lowest BCUT2D eigenvalue weighted by atomic mass is 10.2. The van der Waals surface area contributed by atoms with Crippen LogP contribution in [0.1, 0.15) is 19.6 Å². The fourth-order valence-corrected chi connectivity index (χ4v) is 2.34. The molecule has 3 atom stereocenters. The number of alkyl halides is 3. The minimum Gasteiger partial charge on any atom is -0.394 e. The molecule has 0 aliphatic carbocycles. The molecule has 2 heterocycles. The molecule has 1 fully saturated rings. The molecule has 1 aromatic heterocycles. The van der Waals surface area contributed by atoms with Gasteiger partial charge in [0.05, 0.1) is 12.7 Å². The molecule has 25 heavy (non-hydrogen) atoms. The molecule has 0 radical (unpaired) electrons. The van der Waals surface area contributed by atoms with E-state index in [2.05, 4.69) is 4.98 Å². The predicted octanol–water partition coefficient (Wildman–Crippen LogP) is 0.00570. The van der Waals surface area contributed by atoms with Crippen molar-refractivity contribution in [2.75, 3.05) is 12.4 Å². The number of rotatable bonds is 3. The molecule has 8 nitrogen and oxygen atoms in total. The molecule has 2 rings (SSSR count). The molecule has 1 aliphatic rings. The highest BCUT2D eigenvalue weighted by atomic mass is 32.2. The van der Waals surface area contributed by atoms with Crippen molar-refractivity contribution in [3.63, 3.8) is 0 Å². The molecule has 142 valence electrons. The SMILES string of the molecule is CCSC(=O)C(F)(F)F.O=c1ccn([C@H]2C[C@H](O)[C@@H](CO)O2)c(=O)[nH]1. The van der Waals surface area contributed by atoms with Gasteiger partial charge in [-0.3, -0.25) is 19.1 Å². The average Bonchev–Trinajstić information content (AvgIpc) is 2.88. The number of aromatic nitrogens is 2. The second-order valence-electron chi connectivity index (χ2n) is 4.85. The Balaban J connectivity index is 0.000000299. The van der Waals surface area contributed by atoms with Crippen LogP contribution in [0.2, 0.25) is 0 Å². The number of aliphatic hydroxyl groups excluding tert-OH is 2. The summed E-state index contributed by atoms with van der Waals surface area (Å²) in [6, 6.07) is 1.20. The van der Waals surface area contributed by atoms with Crippen molar-refractivity contribution in [2.24, 2.45) is 0 Å². The van der Waals surface area contributed by atoms with Gasteiger partial charge >= 0.3 is 11.9 Å². The van der Waals surface area contributed by atoms with Crippen LogP contribution in [-0.4, -0.2) is 55.6 Å².